The molecule has 2 heteroatoms. The zero-order valence-electron chi connectivity index (χ0n) is 11.8. The average Bonchev–Trinajstić information content (AvgIpc) is 2.42. The quantitative estimate of drug-likeness (QED) is 0.792. The fourth-order valence-corrected chi connectivity index (χ4v) is 4.65. The van der Waals surface area contributed by atoms with Crippen LogP contribution in [-0.2, 0) is 4.79 Å². The van der Waals surface area contributed by atoms with E-state index in [0.29, 0.717) is 11.8 Å². The molecule has 0 aromatic rings. The van der Waals surface area contributed by atoms with E-state index in [-0.39, 0.29) is 0 Å². The molecule has 1 N–H and O–H groups in total. The topological polar surface area (TPSA) is 37.3 Å². The van der Waals surface area contributed by atoms with E-state index < -0.39 is 11.4 Å². The third-order valence-corrected chi connectivity index (χ3v) is 5.65. The van der Waals surface area contributed by atoms with E-state index in [2.05, 4.69) is 6.92 Å². The molecule has 2 saturated carbocycles. The van der Waals surface area contributed by atoms with Crippen LogP contribution >= 0.6 is 0 Å². The summed E-state index contributed by atoms with van der Waals surface area (Å²) in [5, 5.41) is 9.93. The van der Waals surface area contributed by atoms with Crippen molar-refractivity contribution in [3.05, 3.63) is 0 Å². The predicted molar refractivity (Wildman–Crippen MR) is 73.5 cm³/mol. The smallest absolute Gasteiger partial charge is 0.310 e. The lowest BCUT2D eigenvalue weighted by Gasteiger charge is -2.45. The molecule has 0 atom stereocenters. The molecule has 0 heterocycles. The number of carbonyl (C=O) groups is 1. The first-order chi connectivity index (χ1) is 8.71. The SMILES string of the molecule is CCC(C(=O)O)(C1CCCCC1)C1CCCCC1. The lowest BCUT2D eigenvalue weighted by Crippen LogP contribution is -2.46. The van der Waals surface area contributed by atoms with E-state index in [1.165, 1.54) is 38.5 Å². The van der Waals surface area contributed by atoms with Crippen molar-refractivity contribution in [3.8, 4) is 0 Å². The Morgan fingerprint density at radius 2 is 1.33 bits per heavy atom. The second kappa shape index (κ2) is 6.08. The number of carboxylic acids is 1. The van der Waals surface area contributed by atoms with Gasteiger partial charge in [0.25, 0.3) is 0 Å². The molecule has 2 rings (SSSR count). The number of aliphatic carboxylic acids is 1. The van der Waals surface area contributed by atoms with Crippen molar-refractivity contribution < 1.29 is 9.90 Å². The van der Waals surface area contributed by atoms with Crippen molar-refractivity contribution in [2.75, 3.05) is 0 Å². The fraction of sp³-hybridized carbons (Fsp3) is 0.938. The van der Waals surface area contributed by atoms with Crippen molar-refractivity contribution in [1.82, 2.24) is 0 Å². The molecule has 0 radical (unpaired) electrons. The van der Waals surface area contributed by atoms with Crippen LogP contribution in [0.1, 0.15) is 77.6 Å². The van der Waals surface area contributed by atoms with Crippen LogP contribution in [0.15, 0.2) is 0 Å². The maximum absolute atomic E-state index is 12.1. The van der Waals surface area contributed by atoms with Gasteiger partial charge in [0.15, 0.2) is 0 Å². The van der Waals surface area contributed by atoms with Crippen LogP contribution in [0.2, 0.25) is 0 Å². The van der Waals surface area contributed by atoms with Gasteiger partial charge in [-0.05, 0) is 43.9 Å². The van der Waals surface area contributed by atoms with Gasteiger partial charge in [-0.25, -0.2) is 0 Å². The molecule has 18 heavy (non-hydrogen) atoms. The van der Waals surface area contributed by atoms with Crippen molar-refractivity contribution in [2.24, 2.45) is 17.3 Å². The van der Waals surface area contributed by atoms with Crippen LogP contribution in [0.5, 0.6) is 0 Å². The summed E-state index contributed by atoms with van der Waals surface area (Å²) in [7, 11) is 0. The minimum atomic E-state index is -0.496. The Morgan fingerprint density at radius 3 is 1.61 bits per heavy atom. The Hall–Kier alpha value is -0.530. The van der Waals surface area contributed by atoms with Gasteiger partial charge >= 0.3 is 5.97 Å². The van der Waals surface area contributed by atoms with E-state index in [0.717, 1.165) is 32.1 Å². The van der Waals surface area contributed by atoms with Crippen molar-refractivity contribution >= 4 is 5.97 Å². The summed E-state index contributed by atoms with van der Waals surface area (Å²) in [6.45, 7) is 2.11. The first-order valence-electron chi connectivity index (χ1n) is 7.95. The van der Waals surface area contributed by atoms with Gasteiger partial charge in [-0.1, -0.05) is 45.4 Å². The summed E-state index contributed by atoms with van der Waals surface area (Å²) in [5.41, 5.74) is -0.402. The molecular weight excluding hydrogens is 224 g/mol. The van der Waals surface area contributed by atoms with Gasteiger partial charge in [0, 0.05) is 0 Å². The van der Waals surface area contributed by atoms with Gasteiger partial charge < -0.3 is 5.11 Å². The molecule has 0 aromatic carbocycles. The normalized spacial score (nSPS) is 24.1. The van der Waals surface area contributed by atoms with Crippen LogP contribution in [0.25, 0.3) is 0 Å². The van der Waals surface area contributed by atoms with E-state index >= 15 is 0 Å². The minimum absolute atomic E-state index is 0.402. The van der Waals surface area contributed by atoms with Gasteiger partial charge in [-0.3, -0.25) is 4.79 Å². The summed E-state index contributed by atoms with van der Waals surface area (Å²) in [4.78, 5) is 12.1. The molecule has 0 aromatic heterocycles. The number of hydrogen-bond donors (Lipinski definition) is 1. The highest BCUT2D eigenvalue weighted by Crippen LogP contribution is 2.51. The molecule has 2 nitrogen and oxygen atoms in total. The van der Waals surface area contributed by atoms with Crippen LogP contribution in [0, 0.1) is 17.3 Å². The minimum Gasteiger partial charge on any atom is -0.481 e. The molecule has 104 valence electrons. The van der Waals surface area contributed by atoms with Crippen LogP contribution in [0.3, 0.4) is 0 Å². The van der Waals surface area contributed by atoms with Crippen LogP contribution in [0.4, 0.5) is 0 Å². The summed E-state index contributed by atoms with van der Waals surface area (Å²) in [5.74, 6) is 0.387. The second-order valence-electron chi connectivity index (χ2n) is 6.37. The van der Waals surface area contributed by atoms with Gasteiger partial charge in [-0.15, -0.1) is 0 Å². The lowest BCUT2D eigenvalue weighted by atomic mass is 9.57. The Balaban J connectivity index is 2.22. The predicted octanol–water partition coefficient (Wildman–Crippen LogP) is 4.63. The number of carboxylic acid groups (broad SMARTS) is 1. The zero-order valence-corrected chi connectivity index (χ0v) is 11.8. The van der Waals surface area contributed by atoms with Crippen LogP contribution in [-0.4, -0.2) is 11.1 Å². The Bertz CT molecular complexity index is 255. The van der Waals surface area contributed by atoms with Crippen molar-refractivity contribution in [1.29, 1.82) is 0 Å². The van der Waals surface area contributed by atoms with Gasteiger partial charge in [0.2, 0.25) is 0 Å². The highest BCUT2D eigenvalue weighted by Gasteiger charge is 2.50. The summed E-state index contributed by atoms with van der Waals surface area (Å²) < 4.78 is 0. The van der Waals surface area contributed by atoms with E-state index in [9.17, 15) is 9.90 Å². The highest BCUT2D eigenvalue weighted by atomic mass is 16.4. The van der Waals surface area contributed by atoms with Gasteiger partial charge in [0.1, 0.15) is 0 Å². The van der Waals surface area contributed by atoms with Gasteiger partial charge in [-0.2, -0.15) is 0 Å². The van der Waals surface area contributed by atoms with E-state index in [1.807, 2.05) is 0 Å². The monoisotopic (exact) mass is 252 g/mol. The molecule has 0 saturated heterocycles. The molecule has 2 fully saturated rings. The molecule has 0 unspecified atom stereocenters. The standard InChI is InChI=1S/C16H28O2/c1-2-16(15(17)18,13-9-5-3-6-10-13)14-11-7-4-8-12-14/h13-14H,2-12H2,1H3,(H,17,18). The summed E-state index contributed by atoms with van der Waals surface area (Å²) in [6, 6.07) is 0. The molecular formula is C16H28O2. The molecule has 2 aliphatic carbocycles. The zero-order chi connectivity index (χ0) is 13.0. The third kappa shape index (κ3) is 2.44. The molecule has 0 bridgehead atoms. The maximum atomic E-state index is 12.1. The first-order valence-corrected chi connectivity index (χ1v) is 7.95. The van der Waals surface area contributed by atoms with E-state index in [1.54, 1.807) is 0 Å². The summed E-state index contributed by atoms with van der Waals surface area (Å²) in [6.07, 6.45) is 13.0. The largest absolute Gasteiger partial charge is 0.481 e. The highest BCUT2D eigenvalue weighted by molar-refractivity contribution is 5.75. The number of rotatable bonds is 4. The second-order valence-corrected chi connectivity index (χ2v) is 6.37. The molecule has 2 aliphatic rings. The van der Waals surface area contributed by atoms with Crippen molar-refractivity contribution in [3.63, 3.8) is 0 Å². The van der Waals surface area contributed by atoms with Crippen molar-refractivity contribution in [2.45, 2.75) is 77.6 Å². The Kier molecular flexibility index (Phi) is 4.69. The maximum Gasteiger partial charge on any atom is 0.310 e. The third-order valence-electron chi connectivity index (χ3n) is 5.65. The lowest BCUT2D eigenvalue weighted by molar-refractivity contribution is -0.160. The van der Waals surface area contributed by atoms with E-state index in [4.69, 9.17) is 0 Å². The Morgan fingerprint density at radius 1 is 0.944 bits per heavy atom. The fourth-order valence-electron chi connectivity index (χ4n) is 4.65. The molecule has 0 aliphatic heterocycles. The van der Waals surface area contributed by atoms with Crippen LogP contribution < -0.4 is 0 Å². The first kappa shape index (κ1) is 13.9. The summed E-state index contributed by atoms with van der Waals surface area (Å²) >= 11 is 0. The average molecular weight is 252 g/mol. The molecule has 0 spiro atoms. The molecule has 0 amide bonds. The van der Waals surface area contributed by atoms with Gasteiger partial charge in [0.05, 0.1) is 5.41 Å². The Labute approximate surface area is 111 Å². The number of hydrogen-bond acceptors (Lipinski definition) is 1.